The molecule has 0 saturated heterocycles. The summed E-state index contributed by atoms with van der Waals surface area (Å²) in [4.78, 5) is 19.2. The highest BCUT2D eigenvalue weighted by molar-refractivity contribution is 8.04. The van der Waals surface area contributed by atoms with Crippen LogP contribution in [0.15, 0.2) is 26.3 Å². The summed E-state index contributed by atoms with van der Waals surface area (Å²) in [6.07, 6.45) is 13.0. The van der Waals surface area contributed by atoms with Gasteiger partial charge in [0.05, 0.1) is 16.6 Å². The molecule has 37 heavy (non-hydrogen) atoms. The molecule has 210 valence electrons. The number of fused-ring (bicyclic) bond motifs is 1. The Hall–Kier alpha value is -0.660. The summed E-state index contributed by atoms with van der Waals surface area (Å²) >= 11 is 9.71. The number of nitrogens with zero attached hydrogens (tertiary/aromatic N) is 2. The predicted octanol–water partition coefficient (Wildman–Crippen LogP) is 8.72. The number of Topliss-reactive ketones (excluding diaryl/α,β-unsaturated/α-hetero) is 1. The summed E-state index contributed by atoms with van der Waals surface area (Å²) in [7, 11) is 2.09. The normalized spacial score (nSPS) is 17.8. The van der Waals surface area contributed by atoms with Crippen molar-refractivity contribution in [1.82, 2.24) is 10.2 Å². The first-order chi connectivity index (χ1) is 17.8. The predicted molar refractivity (Wildman–Crippen MR) is 166 cm³/mol. The van der Waals surface area contributed by atoms with Gasteiger partial charge in [-0.3, -0.25) is 10.1 Å². The molecule has 2 aliphatic rings. The number of carbonyl (C=O) groups is 1. The van der Waals surface area contributed by atoms with Gasteiger partial charge in [-0.15, -0.1) is 0 Å². The molecule has 1 N–H and O–H groups in total. The van der Waals surface area contributed by atoms with E-state index < -0.39 is 0 Å². The molecule has 1 fully saturated rings. The Morgan fingerprint density at radius 3 is 2.35 bits per heavy atom. The van der Waals surface area contributed by atoms with E-state index in [-0.39, 0.29) is 11.3 Å². The number of nitrogens with one attached hydrogen (secondary N) is 1. The van der Waals surface area contributed by atoms with E-state index in [0.29, 0.717) is 13.0 Å². The van der Waals surface area contributed by atoms with Crippen LogP contribution in [0.3, 0.4) is 0 Å². The first-order valence-corrected chi connectivity index (χ1v) is 16.4. The highest BCUT2D eigenvalue weighted by Crippen LogP contribution is 2.48. The van der Waals surface area contributed by atoms with Crippen molar-refractivity contribution >= 4 is 46.6 Å². The molecule has 0 amide bonds. The van der Waals surface area contributed by atoms with Crippen LogP contribution in [0.1, 0.15) is 96.6 Å². The van der Waals surface area contributed by atoms with Crippen molar-refractivity contribution < 1.29 is 4.79 Å². The monoisotopic (exact) mass is 567 g/mol. The summed E-state index contributed by atoms with van der Waals surface area (Å²) in [5, 5.41) is 3.39. The largest absolute Gasteiger partial charge is 0.349 e. The Morgan fingerprint density at radius 1 is 1.14 bits per heavy atom. The third kappa shape index (κ3) is 9.79. The lowest BCUT2D eigenvalue weighted by molar-refractivity contribution is -0.118. The average molecular weight is 568 g/mol. The Morgan fingerprint density at radius 2 is 1.78 bits per heavy atom. The quantitative estimate of drug-likeness (QED) is 0.240. The van der Waals surface area contributed by atoms with Gasteiger partial charge in [0.2, 0.25) is 0 Å². The van der Waals surface area contributed by atoms with E-state index >= 15 is 0 Å². The number of hydrogen-bond acceptors (Lipinski definition) is 6. The number of ketones is 1. The van der Waals surface area contributed by atoms with E-state index in [9.17, 15) is 4.79 Å². The second kappa shape index (κ2) is 17.1. The summed E-state index contributed by atoms with van der Waals surface area (Å²) < 4.78 is 0.820. The molecule has 0 spiro atoms. The van der Waals surface area contributed by atoms with Crippen LogP contribution >= 0.6 is 35.1 Å². The highest BCUT2D eigenvalue weighted by atomic mass is 35.5. The molecule has 0 aromatic heterocycles. The number of anilines is 1. The third-order valence-electron chi connectivity index (χ3n) is 7.16. The molecule has 3 rings (SSSR count). The van der Waals surface area contributed by atoms with E-state index in [4.69, 9.17) is 11.6 Å². The van der Waals surface area contributed by atoms with E-state index in [1.165, 1.54) is 78.2 Å². The van der Waals surface area contributed by atoms with Crippen molar-refractivity contribution in [2.24, 2.45) is 0 Å². The zero-order valence-electron chi connectivity index (χ0n) is 24.3. The zero-order chi connectivity index (χ0) is 27.4. The molecule has 1 aliphatic heterocycles. The second-order valence-corrected chi connectivity index (χ2v) is 13.1. The van der Waals surface area contributed by atoms with Gasteiger partial charge in [-0.05, 0) is 82.7 Å². The van der Waals surface area contributed by atoms with Crippen LogP contribution in [0.25, 0.3) is 0 Å². The number of halogens is 1. The number of carbonyl (C=O) groups excluding carboxylic acids is 1. The highest BCUT2D eigenvalue weighted by Gasteiger charge is 2.30. The maximum absolute atomic E-state index is 11.8. The Labute approximate surface area is 240 Å². The van der Waals surface area contributed by atoms with Crippen LogP contribution < -0.4 is 10.2 Å². The lowest BCUT2D eigenvalue weighted by Crippen LogP contribution is -2.41. The van der Waals surface area contributed by atoms with Gasteiger partial charge in [-0.25, -0.2) is 0 Å². The number of benzene rings is 1. The fourth-order valence-corrected chi connectivity index (χ4v) is 7.86. The summed E-state index contributed by atoms with van der Waals surface area (Å²) in [6, 6.07) is 3.16. The Kier molecular flexibility index (Phi) is 15.1. The number of thioether (sulfide) groups is 2. The lowest BCUT2D eigenvalue weighted by atomic mass is 10.1. The van der Waals surface area contributed by atoms with Gasteiger partial charge in [0.1, 0.15) is 11.3 Å². The number of allylic oxidation sites excluding steroid dienone is 1. The fourth-order valence-electron chi connectivity index (χ4n) is 5.17. The summed E-state index contributed by atoms with van der Waals surface area (Å²) in [6.45, 7) is 16.1. The molecular formula is C30H50ClN3OS2. The molecule has 1 unspecified atom stereocenters. The van der Waals surface area contributed by atoms with Crippen LogP contribution in [0, 0.1) is 13.8 Å². The molecular weight excluding hydrogens is 518 g/mol. The summed E-state index contributed by atoms with van der Waals surface area (Å²) in [5.41, 5.74) is 3.89. The molecule has 0 bridgehead atoms. The standard InChI is InChI=1S/C19H27ClN2OS2.C11H23N/c1-6-8-14(23)11-21-19-22(5)18-13(4)12(3)15(10-16(18)25-19)24-17(20)9-7-2;1-3-9-12(10-4-2)11-7-5-6-8-11/h9-10,19,21H,6-8,11H2,1-5H3;11H,3-10H2,1-2H3/b17-9-;. The maximum Gasteiger partial charge on any atom is 0.146 e. The van der Waals surface area contributed by atoms with Gasteiger partial charge in [0.25, 0.3) is 0 Å². The zero-order valence-corrected chi connectivity index (χ0v) is 26.7. The van der Waals surface area contributed by atoms with E-state index in [2.05, 4.69) is 62.8 Å². The molecule has 7 heteroatoms. The van der Waals surface area contributed by atoms with E-state index in [1.54, 1.807) is 23.5 Å². The smallest absolute Gasteiger partial charge is 0.146 e. The fraction of sp³-hybridized carbons (Fsp3) is 0.700. The first-order valence-electron chi connectivity index (χ1n) is 14.3. The second-order valence-electron chi connectivity index (χ2n) is 10.2. The van der Waals surface area contributed by atoms with Gasteiger partial charge in [-0.1, -0.05) is 81.7 Å². The molecule has 1 aromatic carbocycles. The van der Waals surface area contributed by atoms with E-state index in [1.807, 2.05) is 13.0 Å². The third-order valence-corrected chi connectivity index (χ3v) is 9.83. The van der Waals surface area contributed by atoms with Crippen LogP contribution in [0.4, 0.5) is 5.69 Å². The van der Waals surface area contributed by atoms with E-state index in [0.717, 1.165) is 23.2 Å². The Balaban J connectivity index is 0.000000335. The molecule has 4 nitrogen and oxygen atoms in total. The average Bonchev–Trinajstić information content (AvgIpc) is 3.50. The SMILES string of the molecule is CC/C=C(/Cl)Sc1cc2c(c(C)c1C)N(C)C(NCC(=O)CCC)S2.CCCN(CCC)C1CCCC1. The number of rotatable bonds is 13. The van der Waals surface area contributed by atoms with Crippen LogP contribution in [-0.4, -0.2) is 48.9 Å². The molecule has 1 aliphatic carbocycles. The van der Waals surface area contributed by atoms with Crippen LogP contribution in [-0.2, 0) is 4.79 Å². The summed E-state index contributed by atoms with van der Waals surface area (Å²) in [5.74, 6) is 0.271. The minimum atomic E-state index is 0.0933. The van der Waals surface area contributed by atoms with Crippen molar-refractivity contribution in [3.05, 3.63) is 27.6 Å². The molecule has 1 heterocycles. The first kappa shape index (κ1) is 32.6. The van der Waals surface area contributed by atoms with Crippen LogP contribution in [0.2, 0.25) is 0 Å². The Bertz CT molecular complexity index is 880. The number of hydrogen-bond donors (Lipinski definition) is 1. The molecule has 1 saturated carbocycles. The minimum Gasteiger partial charge on any atom is -0.349 e. The van der Waals surface area contributed by atoms with Gasteiger partial charge < -0.3 is 9.80 Å². The van der Waals surface area contributed by atoms with Gasteiger partial charge in [0, 0.05) is 29.3 Å². The van der Waals surface area contributed by atoms with Crippen molar-refractivity contribution in [3.8, 4) is 0 Å². The lowest BCUT2D eigenvalue weighted by Gasteiger charge is -2.27. The minimum absolute atomic E-state index is 0.0933. The van der Waals surface area contributed by atoms with Gasteiger partial charge >= 0.3 is 0 Å². The van der Waals surface area contributed by atoms with Crippen molar-refractivity contribution in [2.75, 3.05) is 31.6 Å². The van der Waals surface area contributed by atoms with Crippen LogP contribution in [0.5, 0.6) is 0 Å². The van der Waals surface area contributed by atoms with Crippen molar-refractivity contribution in [2.45, 2.75) is 121 Å². The van der Waals surface area contributed by atoms with Gasteiger partial charge in [-0.2, -0.15) is 0 Å². The molecule has 0 radical (unpaired) electrons. The molecule has 1 atom stereocenters. The molecule has 1 aromatic rings. The van der Waals surface area contributed by atoms with Crippen molar-refractivity contribution in [3.63, 3.8) is 0 Å². The maximum atomic E-state index is 11.8. The van der Waals surface area contributed by atoms with Gasteiger partial charge in [0.15, 0.2) is 0 Å². The van der Waals surface area contributed by atoms with Crippen molar-refractivity contribution in [1.29, 1.82) is 0 Å². The topological polar surface area (TPSA) is 35.6 Å².